The molecule has 0 radical (unpaired) electrons. The van der Waals surface area contributed by atoms with Crippen LogP contribution in [0.2, 0.25) is 4.34 Å². The molecular formula is C15H22BrCl2N3O3S. The van der Waals surface area contributed by atoms with Crippen LogP contribution in [0, 0.1) is 5.21 Å². The average molecular weight is 475 g/mol. The largest absolute Gasteiger partial charge is 0.622 e. The maximum atomic E-state index is 13.5. The quantitative estimate of drug-likeness (QED) is 0.243. The molecule has 1 aliphatic heterocycles. The van der Waals surface area contributed by atoms with Crippen LogP contribution in [0.25, 0.3) is 0 Å². The van der Waals surface area contributed by atoms with Crippen molar-refractivity contribution in [2.45, 2.75) is 49.5 Å². The fourth-order valence-electron chi connectivity index (χ4n) is 2.77. The smallest absolute Gasteiger partial charge is 0.311 e. The van der Waals surface area contributed by atoms with E-state index in [4.69, 9.17) is 27.9 Å². The Morgan fingerprint density at radius 3 is 2.96 bits per heavy atom. The van der Waals surface area contributed by atoms with E-state index in [2.05, 4.69) is 27.8 Å². The number of thiazole rings is 1. The number of quaternary nitrogens is 1. The summed E-state index contributed by atoms with van der Waals surface area (Å²) in [7, 11) is 0. The number of ether oxygens (including phenoxy) is 1. The van der Waals surface area contributed by atoms with Crippen molar-refractivity contribution in [1.82, 2.24) is 14.5 Å². The van der Waals surface area contributed by atoms with Gasteiger partial charge in [-0.2, -0.15) is 4.98 Å². The van der Waals surface area contributed by atoms with E-state index in [0.717, 1.165) is 24.2 Å². The minimum atomic E-state index is -0.869. The molecule has 4 atom stereocenters. The minimum Gasteiger partial charge on any atom is -0.622 e. The monoisotopic (exact) mass is 473 g/mol. The third-order valence-corrected chi connectivity index (χ3v) is 5.98. The lowest BCUT2D eigenvalue weighted by Gasteiger charge is -2.38. The highest BCUT2D eigenvalue weighted by Crippen LogP contribution is 2.37. The van der Waals surface area contributed by atoms with Gasteiger partial charge in [-0.25, -0.2) is 4.90 Å². The minimum absolute atomic E-state index is 0.0631. The third-order valence-electron chi connectivity index (χ3n) is 3.85. The summed E-state index contributed by atoms with van der Waals surface area (Å²) in [4.78, 5) is 18.4. The molecule has 0 saturated carbocycles. The Balaban J connectivity index is 2.15. The van der Waals surface area contributed by atoms with Crippen LogP contribution in [-0.4, -0.2) is 52.0 Å². The molecule has 0 aliphatic carbocycles. The summed E-state index contributed by atoms with van der Waals surface area (Å²) in [5.74, 6) is -0.473. The molecule has 1 aromatic heterocycles. The number of esters is 1. The Hall–Kier alpha value is 0.0400. The van der Waals surface area contributed by atoms with Gasteiger partial charge in [-0.15, -0.1) is 11.6 Å². The van der Waals surface area contributed by atoms with E-state index in [1.54, 1.807) is 6.92 Å². The predicted octanol–water partition coefficient (Wildman–Crippen LogP) is 4.33. The Morgan fingerprint density at radius 1 is 1.68 bits per heavy atom. The molecule has 25 heavy (non-hydrogen) atoms. The molecule has 142 valence electrons. The molecular weight excluding hydrogens is 453 g/mol. The summed E-state index contributed by atoms with van der Waals surface area (Å²) >= 11 is 16.6. The van der Waals surface area contributed by atoms with Gasteiger partial charge in [-0.05, 0) is 24.7 Å². The molecule has 0 amide bonds. The molecule has 1 saturated heterocycles. The zero-order chi connectivity index (χ0) is 18.6. The van der Waals surface area contributed by atoms with Gasteiger partial charge in [-0.3, -0.25) is 9.44 Å². The standard InChI is InChI=1S/C15H22BrCl2N3O3S/c1-3-4-11(16)7-20-8-13(24-14(22)5-10(2)17)21(23,9-20)15-19-6-12(18)25-15/h6,10-11,13H,3-5,7-9H2,1-2H3. The summed E-state index contributed by atoms with van der Waals surface area (Å²) in [6.07, 6.45) is 2.70. The highest BCUT2D eigenvalue weighted by atomic mass is 79.9. The van der Waals surface area contributed by atoms with Crippen molar-refractivity contribution >= 4 is 61.6 Å². The van der Waals surface area contributed by atoms with Gasteiger partial charge in [0.2, 0.25) is 0 Å². The molecule has 1 aliphatic rings. The first-order chi connectivity index (χ1) is 11.7. The van der Waals surface area contributed by atoms with E-state index in [1.807, 2.05) is 4.90 Å². The second kappa shape index (κ2) is 9.30. The lowest BCUT2D eigenvalue weighted by atomic mass is 10.2. The molecule has 2 rings (SSSR count). The van der Waals surface area contributed by atoms with Crippen molar-refractivity contribution in [2.24, 2.45) is 0 Å². The lowest BCUT2D eigenvalue weighted by molar-refractivity contribution is -0.153. The SMILES string of the molecule is CCCC(Br)CN1CC(OC(=O)CC(C)Cl)[N+]([O-])(c2ncc(Cl)s2)C1. The molecule has 10 heteroatoms. The Kier molecular flexibility index (Phi) is 7.94. The maximum Gasteiger partial charge on any atom is 0.311 e. The number of halogens is 3. The van der Waals surface area contributed by atoms with E-state index in [-0.39, 0.29) is 23.3 Å². The highest BCUT2D eigenvalue weighted by molar-refractivity contribution is 9.09. The van der Waals surface area contributed by atoms with Crippen LogP contribution in [0.1, 0.15) is 33.1 Å². The van der Waals surface area contributed by atoms with Crippen molar-refractivity contribution in [3.63, 3.8) is 0 Å². The van der Waals surface area contributed by atoms with Crippen LogP contribution in [0.5, 0.6) is 0 Å². The molecule has 1 fully saturated rings. The van der Waals surface area contributed by atoms with Gasteiger partial charge >= 0.3 is 5.97 Å². The molecule has 0 spiro atoms. The van der Waals surface area contributed by atoms with Crippen LogP contribution in [-0.2, 0) is 9.53 Å². The molecule has 0 aromatic carbocycles. The van der Waals surface area contributed by atoms with Crippen LogP contribution in [0.15, 0.2) is 6.20 Å². The molecule has 6 nitrogen and oxygen atoms in total. The highest BCUT2D eigenvalue weighted by Gasteiger charge is 2.46. The van der Waals surface area contributed by atoms with Crippen LogP contribution in [0.4, 0.5) is 5.13 Å². The van der Waals surface area contributed by atoms with Crippen molar-refractivity contribution in [1.29, 1.82) is 0 Å². The normalized spacial score (nSPS) is 26.6. The van der Waals surface area contributed by atoms with Crippen molar-refractivity contribution in [2.75, 3.05) is 19.8 Å². The van der Waals surface area contributed by atoms with Crippen molar-refractivity contribution < 1.29 is 9.53 Å². The van der Waals surface area contributed by atoms with Crippen LogP contribution in [0.3, 0.4) is 0 Å². The number of nitrogens with zero attached hydrogens (tertiary/aromatic N) is 3. The number of carbonyl (C=O) groups is 1. The maximum absolute atomic E-state index is 13.5. The van der Waals surface area contributed by atoms with Gasteiger partial charge < -0.3 is 9.94 Å². The van der Waals surface area contributed by atoms with E-state index in [9.17, 15) is 10.0 Å². The summed E-state index contributed by atoms with van der Waals surface area (Å²) in [6.45, 7) is 5.06. The molecule has 1 aromatic rings. The number of alkyl halides is 2. The van der Waals surface area contributed by atoms with Gasteiger partial charge in [0.25, 0.3) is 11.4 Å². The van der Waals surface area contributed by atoms with Crippen LogP contribution < -0.4 is 4.65 Å². The fourth-order valence-corrected chi connectivity index (χ4v) is 4.74. The van der Waals surface area contributed by atoms with Crippen molar-refractivity contribution in [3.05, 3.63) is 15.7 Å². The first-order valence-electron chi connectivity index (χ1n) is 8.15. The number of hydrogen-bond acceptors (Lipinski definition) is 6. The molecule has 0 bridgehead atoms. The second-order valence-corrected chi connectivity index (χ2v) is 9.92. The lowest BCUT2D eigenvalue weighted by Crippen LogP contribution is -2.51. The molecule has 4 unspecified atom stereocenters. The van der Waals surface area contributed by atoms with Crippen LogP contribution >= 0.6 is 50.5 Å². The molecule has 2 heterocycles. The summed E-state index contributed by atoms with van der Waals surface area (Å²) in [6, 6.07) is 0. The predicted molar refractivity (Wildman–Crippen MR) is 106 cm³/mol. The van der Waals surface area contributed by atoms with Gasteiger partial charge in [0.15, 0.2) is 0 Å². The zero-order valence-electron chi connectivity index (χ0n) is 14.2. The first kappa shape index (κ1) is 21.3. The van der Waals surface area contributed by atoms with E-state index in [0.29, 0.717) is 22.6 Å². The van der Waals surface area contributed by atoms with E-state index in [1.165, 1.54) is 6.20 Å². The van der Waals surface area contributed by atoms with Crippen molar-refractivity contribution in [3.8, 4) is 0 Å². The van der Waals surface area contributed by atoms with Gasteiger partial charge in [0.05, 0.1) is 19.2 Å². The topological polar surface area (TPSA) is 65.5 Å². The second-order valence-electron chi connectivity index (χ2n) is 6.24. The number of carbonyl (C=O) groups excluding carboxylic acids is 1. The Bertz CT molecular complexity index is 592. The van der Waals surface area contributed by atoms with Gasteiger partial charge in [0.1, 0.15) is 11.0 Å². The fraction of sp³-hybridized carbons (Fsp3) is 0.733. The number of hydrogen-bond donors (Lipinski definition) is 0. The summed E-state index contributed by atoms with van der Waals surface area (Å²) < 4.78 is 5.08. The Labute approximate surface area is 170 Å². The Morgan fingerprint density at radius 2 is 2.40 bits per heavy atom. The third kappa shape index (κ3) is 5.76. The van der Waals surface area contributed by atoms with Gasteiger partial charge in [-0.1, -0.05) is 40.9 Å². The molecule has 0 N–H and O–H groups in total. The average Bonchev–Trinajstić information content (AvgIpc) is 3.04. The number of rotatable bonds is 8. The summed E-state index contributed by atoms with van der Waals surface area (Å²) in [5, 5.41) is 13.4. The van der Waals surface area contributed by atoms with Gasteiger partial charge in [0, 0.05) is 16.7 Å². The van der Waals surface area contributed by atoms with E-state index < -0.39 is 16.8 Å². The first-order valence-corrected chi connectivity index (χ1v) is 10.7. The van der Waals surface area contributed by atoms with E-state index >= 15 is 0 Å². The number of aromatic nitrogens is 1. The zero-order valence-corrected chi connectivity index (χ0v) is 18.1. The summed E-state index contributed by atoms with van der Waals surface area (Å²) in [5.41, 5.74) is 0. The number of hydroxylamine groups is 2.